The molecule has 126 valence electrons. The van der Waals surface area contributed by atoms with E-state index in [1.54, 1.807) is 25.1 Å². The Bertz CT molecular complexity index is 867. The van der Waals surface area contributed by atoms with Crippen molar-refractivity contribution in [1.82, 2.24) is 0 Å². The van der Waals surface area contributed by atoms with Crippen LogP contribution in [0, 0.1) is 6.92 Å². The molecular weight excluding hydrogens is 419 g/mol. The summed E-state index contributed by atoms with van der Waals surface area (Å²) in [6, 6.07) is 4.89. The summed E-state index contributed by atoms with van der Waals surface area (Å²) >= 11 is 29.7. The molecule has 0 saturated carbocycles. The first kappa shape index (κ1) is 19.2. The summed E-state index contributed by atoms with van der Waals surface area (Å²) in [5.41, 5.74) is 0.0740. The van der Waals surface area contributed by atoms with Gasteiger partial charge in [-0.2, -0.15) is 0 Å². The summed E-state index contributed by atoms with van der Waals surface area (Å²) < 4.78 is 0. The highest BCUT2D eigenvalue weighted by Crippen LogP contribution is 2.42. The van der Waals surface area contributed by atoms with E-state index < -0.39 is 17.4 Å². The average Bonchev–Trinajstić information content (AvgIpc) is 2.52. The van der Waals surface area contributed by atoms with Gasteiger partial charge in [0, 0.05) is 10.7 Å². The van der Waals surface area contributed by atoms with Crippen LogP contribution in [0.15, 0.2) is 18.2 Å². The number of benzene rings is 2. The van der Waals surface area contributed by atoms with Crippen LogP contribution in [0.4, 0.5) is 5.69 Å². The number of carboxylic acid groups (broad SMARTS) is 1. The van der Waals surface area contributed by atoms with Gasteiger partial charge in [-0.25, -0.2) is 4.79 Å². The molecular formula is C15H8Cl5NO3. The molecule has 0 fully saturated rings. The number of carbonyl (C=O) groups excluding carboxylic acids is 1. The Kier molecular flexibility index (Phi) is 5.89. The fourth-order valence-electron chi connectivity index (χ4n) is 1.97. The van der Waals surface area contributed by atoms with Crippen molar-refractivity contribution in [1.29, 1.82) is 0 Å². The number of hydrogen-bond donors (Lipinski definition) is 2. The smallest absolute Gasteiger partial charge is 0.338 e. The van der Waals surface area contributed by atoms with Gasteiger partial charge in [0.1, 0.15) is 0 Å². The Morgan fingerprint density at radius 1 is 0.917 bits per heavy atom. The minimum atomic E-state index is -1.46. The third kappa shape index (κ3) is 3.44. The summed E-state index contributed by atoms with van der Waals surface area (Å²) in [6.07, 6.45) is 0. The zero-order valence-corrected chi connectivity index (χ0v) is 15.7. The van der Waals surface area contributed by atoms with Crippen molar-refractivity contribution in [3.05, 3.63) is 60.0 Å². The van der Waals surface area contributed by atoms with Crippen LogP contribution in [-0.4, -0.2) is 17.0 Å². The molecule has 0 saturated heterocycles. The van der Waals surface area contributed by atoms with E-state index >= 15 is 0 Å². The number of carboxylic acids is 1. The number of amides is 1. The fraction of sp³-hybridized carbons (Fsp3) is 0.0667. The molecule has 0 unspecified atom stereocenters. The lowest BCUT2D eigenvalue weighted by atomic mass is 10.1. The summed E-state index contributed by atoms with van der Waals surface area (Å²) in [7, 11) is 0. The monoisotopic (exact) mass is 425 g/mol. The molecule has 2 aromatic carbocycles. The molecule has 9 heteroatoms. The van der Waals surface area contributed by atoms with Crippen molar-refractivity contribution in [3.8, 4) is 0 Å². The maximum atomic E-state index is 12.6. The number of carbonyl (C=O) groups is 2. The highest BCUT2D eigenvalue weighted by molar-refractivity contribution is 6.54. The first-order valence-electron chi connectivity index (χ1n) is 6.32. The number of hydrogen-bond acceptors (Lipinski definition) is 2. The number of halogens is 5. The van der Waals surface area contributed by atoms with Gasteiger partial charge >= 0.3 is 5.97 Å². The average molecular weight is 427 g/mol. The second-order valence-corrected chi connectivity index (χ2v) is 6.60. The van der Waals surface area contributed by atoms with Gasteiger partial charge in [0.2, 0.25) is 0 Å². The molecule has 0 aliphatic rings. The zero-order valence-electron chi connectivity index (χ0n) is 11.9. The van der Waals surface area contributed by atoms with Gasteiger partial charge in [-0.3, -0.25) is 4.79 Å². The van der Waals surface area contributed by atoms with Gasteiger partial charge in [0.25, 0.3) is 5.91 Å². The molecule has 0 radical (unpaired) electrons. The van der Waals surface area contributed by atoms with Crippen molar-refractivity contribution in [2.45, 2.75) is 6.92 Å². The molecule has 4 nitrogen and oxygen atoms in total. The molecule has 2 rings (SSSR count). The quantitative estimate of drug-likeness (QED) is 0.452. The molecule has 0 aromatic heterocycles. The fourth-order valence-corrected chi connectivity index (χ4v) is 3.17. The van der Waals surface area contributed by atoms with Crippen LogP contribution >= 0.6 is 58.0 Å². The maximum absolute atomic E-state index is 12.6. The Morgan fingerprint density at radius 2 is 1.46 bits per heavy atom. The van der Waals surface area contributed by atoms with E-state index in [0.29, 0.717) is 16.3 Å². The first-order valence-corrected chi connectivity index (χ1v) is 8.21. The molecule has 0 aliphatic heterocycles. The summed E-state index contributed by atoms with van der Waals surface area (Å²) in [5, 5.41) is 11.2. The predicted molar refractivity (Wildman–Crippen MR) is 97.6 cm³/mol. The third-order valence-corrected chi connectivity index (χ3v) is 5.44. The molecule has 2 aromatic rings. The van der Waals surface area contributed by atoms with Crippen LogP contribution in [0.25, 0.3) is 0 Å². The first-order chi connectivity index (χ1) is 11.2. The van der Waals surface area contributed by atoms with Gasteiger partial charge in [-0.15, -0.1) is 0 Å². The molecule has 0 bridgehead atoms. The van der Waals surface area contributed by atoms with E-state index in [2.05, 4.69) is 5.32 Å². The molecule has 0 atom stereocenters. The standard InChI is InChI=1S/C15H8Cl5NO3/c1-5-6(16)3-2-4-7(5)21-14(22)8-9(15(23)24)11(18)13(20)12(19)10(8)17/h2-4H,1H3,(H,21,22)(H,23,24). The Hall–Kier alpha value is -1.17. The van der Waals surface area contributed by atoms with Gasteiger partial charge in [0.05, 0.1) is 31.2 Å². The van der Waals surface area contributed by atoms with E-state index in [-0.39, 0.29) is 25.7 Å². The normalized spacial score (nSPS) is 10.6. The zero-order chi connectivity index (χ0) is 18.2. The van der Waals surface area contributed by atoms with Gasteiger partial charge < -0.3 is 10.4 Å². The number of rotatable bonds is 3. The molecule has 1 amide bonds. The van der Waals surface area contributed by atoms with Crippen LogP contribution in [0.5, 0.6) is 0 Å². The molecule has 0 heterocycles. The van der Waals surface area contributed by atoms with Crippen LogP contribution in [0.3, 0.4) is 0 Å². The maximum Gasteiger partial charge on any atom is 0.338 e. The van der Waals surface area contributed by atoms with Crippen LogP contribution in [-0.2, 0) is 0 Å². The number of anilines is 1. The van der Waals surface area contributed by atoms with E-state index in [1.165, 1.54) is 0 Å². The minimum Gasteiger partial charge on any atom is -0.478 e. The predicted octanol–water partition coefficient (Wildman–Crippen LogP) is 6.21. The molecule has 0 aliphatic carbocycles. The third-order valence-electron chi connectivity index (χ3n) is 3.22. The van der Waals surface area contributed by atoms with Crippen LogP contribution < -0.4 is 5.32 Å². The van der Waals surface area contributed by atoms with E-state index in [4.69, 9.17) is 58.0 Å². The van der Waals surface area contributed by atoms with E-state index in [9.17, 15) is 14.7 Å². The van der Waals surface area contributed by atoms with Crippen LogP contribution in [0.2, 0.25) is 25.1 Å². The molecule has 24 heavy (non-hydrogen) atoms. The van der Waals surface area contributed by atoms with Gasteiger partial charge in [-0.1, -0.05) is 64.1 Å². The van der Waals surface area contributed by atoms with E-state index in [0.717, 1.165) is 0 Å². The summed E-state index contributed by atoms with van der Waals surface area (Å²) in [5.74, 6) is -2.27. The van der Waals surface area contributed by atoms with Crippen molar-refractivity contribution in [2.75, 3.05) is 5.32 Å². The van der Waals surface area contributed by atoms with Crippen molar-refractivity contribution < 1.29 is 14.7 Å². The summed E-state index contributed by atoms with van der Waals surface area (Å²) in [6.45, 7) is 1.69. The Balaban J connectivity index is 2.61. The largest absolute Gasteiger partial charge is 0.478 e. The van der Waals surface area contributed by atoms with E-state index in [1.807, 2.05) is 0 Å². The topological polar surface area (TPSA) is 66.4 Å². The highest BCUT2D eigenvalue weighted by atomic mass is 35.5. The SMILES string of the molecule is Cc1c(Cl)cccc1NC(=O)c1c(Cl)c(Cl)c(Cl)c(Cl)c1C(=O)O. The molecule has 2 N–H and O–H groups in total. The second-order valence-electron chi connectivity index (χ2n) is 4.68. The minimum absolute atomic E-state index is 0.207. The van der Waals surface area contributed by atoms with Crippen molar-refractivity contribution in [2.24, 2.45) is 0 Å². The number of nitrogens with one attached hydrogen (secondary N) is 1. The summed E-state index contributed by atoms with van der Waals surface area (Å²) in [4.78, 5) is 24.1. The lowest BCUT2D eigenvalue weighted by molar-refractivity contribution is 0.0692. The Labute approximate surface area is 162 Å². The second kappa shape index (κ2) is 7.38. The van der Waals surface area contributed by atoms with Gasteiger partial charge in [0.15, 0.2) is 0 Å². The Morgan fingerprint density at radius 3 is 2.00 bits per heavy atom. The van der Waals surface area contributed by atoms with Crippen molar-refractivity contribution >= 4 is 75.6 Å². The van der Waals surface area contributed by atoms with Gasteiger partial charge in [-0.05, 0) is 24.6 Å². The van der Waals surface area contributed by atoms with Crippen molar-refractivity contribution in [3.63, 3.8) is 0 Å². The van der Waals surface area contributed by atoms with Crippen LogP contribution in [0.1, 0.15) is 26.3 Å². The molecule has 0 spiro atoms. The lowest BCUT2D eigenvalue weighted by Gasteiger charge is -2.15. The highest BCUT2D eigenvalue weighted by Gasteiger charge is 2.29. The lowest BCUT2D eigenvalue weighted by Crippen LogP contribution is -2.18. The number of aromatic carboxylic acids is 1.